The second kappa shape index (κ2) is 5.95. The van der Waals surface area contributed by atoms with Crippen LogP contribution in [0.25, 0.3) is 17.2 Å². The molecule has 0 aliphatic heterocycles. The zero-order valence-corrected chi connectivity index (χ0v) is 17.6. The summed E-state index contributed by atoms with van der Waals surface area (Å²) in [5.41, 5.74) is 9.39. The van der Waals surface area contributed by atoms with Crippen LogP contribution in [0, 0.1) is 3.57 Å². The molecule has 130 valence electrons. The quantitative estimate of drug-likeness (QED) is 0.505. The highest BCUT2D eigenvalue weighted by Gasteiger charge is 2.38. The summed E-state index contributed by atoms with van der Waals surface area (Å²) >= 11 is 2.44. The minimum Gasteiger partial charge on any atom is -0.0763 e. The van der Waals surface area contributed by atoms with Gasteiger partial charge in [0, 0.05) is 8.99 Å². The van der Waals surface area contributed by atoms with E-state index in [1.54, 1.807) is 22.3 Å². The van der Waals surface area contributed by atoms with Crippen LogP contribution in [0.5, 0.6) is 0 Å². The standard InChI is InChI=1S/C25H23I/c1-25(2)23-14-17(20-9-5-7-16-6-3-4-8-19(16)20)10-12-21(23)22-13-11-18(26)15-24(22)25/h3-4,6-8,11,13-15H,5,9-10,12H2,1-2H3. The van der Waals surface area contributed by atoms with Crippen molar-refractivity contribution in [1.82, 2.24) is 0 Å². The Bertz CT molecular complexity index is 1110. The van der Waals surface area contributed by atoms with Crippen molar-refractivity contribution in [3.8, 4) is 0 Å². The van der Waals surface area contributed by atoms with Gasteiger partial charge in [0.05, 0.1) is 0 Å². The van der Waals surface area contributed by atoms with Gasteiger partial charge in [-0.1, -0.05) is 56.3 Å². The van der Waals surface area contributed by atoms with E-state index >= 15 is 0 Å². The average Bonchev–Trinajstić information content (AvgIpc) is 2.88. The highest BCUT2D eigenvalue weighted by atomic mass is 127. The molecule has 2 aromatic rings. The van der Waals surface area contributed by atoms with Gasteiger partial charge in [-0.15, -0.1) is 0 Å². The van der Waals surface area contributed by atoms with E-state index in [1.165, 1.54) is 44.4 Å². The lowest BCUT2D eigenvalue weighted by atomic mass is 9.77. The molecule has 0 N–H and O–H groups in total. The Morgan fingerprint density at radius 3 is 2.65 bits per heavy atom. The minimum absolute atomic E-state index is 0.110. The minimum atomic E-state index is 0.110. The van der Waals surface area contributed by atoms with E-state index in [9.17, 15) is 0 Å². The van der Waals surface area contributed by atoms with Crippen LogP contribution in [0.4, 0.5) is 0 Å². The third-order valence-electron chi connectivity index (χ3n) is 6.37. The van der Waals surface area contributed by atoms with E-state index in [1.807, 2.05) is 0 Å². The van der Waals surface area contributed by atoms with E-state index in [0.717, 1.165) is 6.42 Å². The van der Waals surface area contributed by atoms with Crippen LogP contribution in [0.3, 0.4) is 0 Å². The van der Waals surface area contributed by atoms with E-state index in [-0.39, 0.29) is 5.41 Å². The molecule has 2 aromatic carbocycles. The Balaban J connectivity index is 1.70. The van der Waals surface area contributed by atoms with Crippen LogP contribution < -0.4 is 10.4 Å². The van der Waals surface area contributed by atoms with Crippen LogP contribution in [0.15, 0.2) is 59.7 Å². The first-order valence-electron chi connectivity index (χ1n) is 9.59. The van der Waals surface area contributed by atoms with Gasteiger partial charge in [0.1, 0.15) is 0 Å². The Morgan fingerprint density at radius 2 is 1.77 bits per heavy atom. The Kier molecular flexibility index (Phi) is 3.79. The molecule has 0 fully saturated rings. The van der Waals surface area contributed by atoms with Gasteiger partial charge in [0.2, 0.25) is 0 Å². The molecular formula is C25H23I. The largest absolute Gasteiger partial charge is 0.0763 e. The third-order valence-corrected chi connectivity index (χ3v) is 7.04. The molecule has 3 aliphatic rings. The first-order chi connectivity index (χ1) is 12.6. The summed E-state index contributed by atoms with van der Waals surface area (Å²) in [6, 6.07) is 15.9. The lowest BCUT2D eigenvalue weighted by molar-refractivity contribution is 0.649. The molecule has 5 rings (SSSR count). The van der Waals surface area contributed by atoms with Crippen molar-refractivity contribution in [2.45, 2.75) is 44.9 Å². The van der Waals surface area contributed by atoms with Crippen molar-refractivity contribution in [1.29, 1.82) is 0 Å². The third kappa shape index (κ3) is 2.40. The second-order valence-electron chi connectivity index (χ2n) is 8.19. The monoisotopic (exact) mass is 450 g/mol. The van der Waals surface area contributed by atoms with Crippen LogP contribution in [0.1, 0.15) is 50.7 Å². The molecule has 0 radical (unpaired) electrons. The van der Waals surface area contributed by atoms with Gasteiger partial charge in [0.25, 0.3) is 0 Å². The fraction of sp³-hybridized carbons (Fsp3) is 0.280. The summed E-state index contributed by atoms with van der Waals surface area (Å²) < 4.78 is 1.34. The van der Waals surface area contributed by atoms with E-state index < -0.39 is 0 Å². The first kappa shape index (κ1) is 16.6. The van der Waals surface area contributed by atoms with Crippen LogP contribution in [-0.2, 0) is 5.41 Å². The van der Waals surface area contributed by atoms with Crippen molar-refractivity contribution in [2.75, 3.05) is 0 Å². The van der Waals surface area contributed by atoms with Gasteiger partial charge in [-0.05, 0) is 104 Å². The number of rotatable bonds is 1. The predicted molar refractivity (Wildman–Crippen MR) is 119 cm³/mol. The molecule has 26 heavy (non-hydrogen) atoms. The molecule has 0 heterocycles. The summed E-state index contributed by atoms with van der Waals surface area (Å²) in [4.78, 5) is 0. The molecule has 0 spiro atoms. The van der Waals surface area contributed by atoms with Gasteiger partial charge < -0.3 is 0 Å². The van der Waals surface area contributed by atoms with Crippen molar-refractivity contribution in [2.24, 2.45) is 0 Å². The lowest BCUT2D eigenvalue weighted by Crippen LogP contribution is -2.30. The van der Waals surface area contributed by atoms with Gasteiger partial charge >= 0.3 is 0 Å². The predicted octanol–water partition coefficient (Wildman–Crippen LogP) is 5.48. The number of fused-ring (bicyclic) bond motifs is 3. The Hall–Kier alpha value is -1.61. The van der Waals surface area contributed by atoms with Crippen molar-refractivity contribution >= 4 is 39.8 Å². The smallest absolute Gasteiger partial charge is 0.0156 e. The van der Waals surface area contributed by atoms with Gasteiger partial charge in [-0.2, -0.15) is 0 Å². The molecule has 0 bridgehead atoms. The van der Waals surface area contributed by atoms with E-state index in [0.29, 0.717) is 0 Å². The fourth-order valence-corrected chi connectivity index (χ4v) is 5.53. The van der Waals surface area contributed by atoms with Crippen LogP contribution in [0.2, 0.25) is 0 Å². The molecule has 0 nitrogen and oxygen atoms in total. The molecule has 0 amide bonds. The van der Waals surface area contributed by atoms with E-state index in [2.05, 4.69) is 91.1 Å². The maximum absolute atomic E-state index is 2.54. The second-order valence-corrected chi connectivity index (χ2v) is 9.43. The SMILES string of the molecule is CC1(C)C2=C(CCC(C3=c4ccccc4=CCC3)=C2)c2ccc(I)cc21. The maximum atomic E-state index is 2.54. The normalized spacial score (nSPS) is 20.1. The lowest BCUT2D eigenvalue weighted by Gasteiger charge is -2.27. The van der Waals surface area contributed by atoms with Crippen LogP contribution in [-0.4, -0.2) is 0 Å². The average molecular weight is 450 g/mol. The molecule has 0 saturated heterocycles. The summed E-state index contributed by atoms with van der Waals surface area (Å²) in [6.45, 7) is 4.80. The molecule has 1 heteroatoms. The van der Waals surface area contributed by atoms with E-state index in [4.69, 9.17) is 0 Å². The zero-order chi connectivity index (χ0) is 17.9. The topological polar surface area (TPSA) is 0 Å². The highest BCUT2D eigenvalue weighted by molar-refractivity contribution is 14.1. The summed E-state index contributed by atoms with van der Waals surface area (Å²) in [7, 11) is 0. The Labute approximate surface area is 169 Å². The summed E-state index contributed by atoms with van der Waals surface area (Å²) in [5, 5.41) is 2.87. The van der Waals surface area contributed by atoms with Gasteiger partial charge in [0.15, 0.2) is 0 Å². The first-order valence-corrected chi connectivity index (χ1v) is 10.7. The van der Waals surface area contributed by atoms with Crippen molar-refractivity contribution < 1.29 is 0 Å². The number of hydrogen-bond donors (Lipinski definition) is 0. The van der Waals surface area contributed by atoms with Crippen LogP contribution >= 0.6 is 22.6 Å². The summed E-state index contributed by atoms with van der Waals surface area (Å²) in [5.74, 6) is 0. The highest BCUT2D eigenvalue weighted by Crippen LogP contribution is 2.52. The molecule has 0 saturated carbocycles. The molecule has 3 aliphatic carbocycles. The van der Waals surface area contributed by atoms with Crippen molar-refractivity contribution in [3.05, 3.63) is 84.8 Å². The van der Waals surface area contributed by atoms with Gasteiger partial charge in [-0.3, -0.25) is 0 Å². The fourth-order valence-electron chi connectivity index (χ4n) is 5.04. The van der Waals surface area contributed by atoms with Gasteiger partial charge in [-0.25, -0.2) is 0 Å². The maximum Gasteiger partial charge on any atom is 0.0156 e. The molecular weight excluding hydrogens is 427 g/mol. The van der Waals surface area contributed by atoms with Crippen molar-refractivity contribution in [3.63, 3.8) is 0 Å². The number of allylic oxidation sites excluding steroid dienone is 4. The number of halogens is 1. The zero-order valence-electron chi connectivity index (χ0n) is 15.4. The molecule has 0 atom stereocenters. The number of hydrogen-bond acceptors (Lipinski definition) is 0. The number of benzene rings is 2. The summed E-state index contributed by atoms with van der Waals surface area (Å²) in [6.07, 6.45) is 9.62. The molecule has 0 unspecified atom stereocenters. The molecule has 0 aromatic heterocycles. The Morgan fingerprint density at radius 1 is 0.923 bits per heavy atom.